The van der Waals surface area contributed by atoms with Crippen molar-refractivity contribution in [2.45, 2.75) is 36.9 Å². The van der Waals surface area contributed by atoms with Gasteiger partial charge >= 0.3 is 6.18 Å². The van der Waals surface area contributed by atoms with Crippen LogP contribution in [0.4, 0.5) is 17.6 Å². The fourth-order valence-electron chi connectivity index (χ4n) is 4.22. The molecule has 0 N–H and O–H groups in total. The molecule has 0 fully saturated rings. The molecule has 0 amide bonds. The van der Waals surface area contributed by atoms with Gasteiger partial charge in [0.15, 0.2) is 16.1 Å². The Bertz CT molecular complexity index is 1400. The van der Waals surface area contributed by atoms with Crippen LogP contribution in [0, 0.1) is 5.82 Å². The van der Waals surface area contributed by atoms with Gasteiger partial charge in [-0.3, -0.25) is 9.69 Å². The highest BCUT2D eigenvalue weighted by molar-refractivity contribution is 7.90. The summed E-state index contributed by atoms with van der Waals surface area (Å²) in [5.41, 5.74) is -0.0719. The third-order valence-corrected chi connectivity index (χ3v) is 7.73. The van der Waals surface area contributed by atoms with Gasteiger partial charge < -0.3 is 4.74 Å². The summed E-state index contributed by atoms with van der Waals surface area (Å²) in [7, 11) is -3.88. The third kappa shape index (κ3) is 8.27. The first-order chi connectivity index (χ1) is 18.3. The average Bonchev–Trinajstić information content (AvgIpc) is 2.86. The normalized spacial score (nSPS) is 12.9. The molecule has 1 atom stereocenters. The maximum absolute atomic E-state index is 14.3. The SMILES string of the molecule is CC(CN(CCCOc1cc(F)c(C=O)c(S(C)(=O)=O)c1)Cc1cccc(C(F)(F)F)c1Cl)c1ccccc1. The van der Waals surface area contributed by atoms with Gasteiger partial charge in [-0.2, -0.15) is 13.2 Å². The predicted molar refractivity (Wildman–Crippen MR) is 142 cm³/mol. The van der Waals surface area contributed by atoms with Gasteiger partial charge in [0.25, 0.3) is 0 Å². The molecule has 0 aliphatic rings. The van der Waals surface area contributed by atoms with Crippen LogP contribution in [0.5, 0.6) is 5.75 Å². The summed E-state index contributed by atoms with van der Waals surface area (Å²) < 4.78 is 84.0. The molecule has 39 heavy (non-hydrogen) atoms. The van der Waals surface area contributed by atoms with E-state index in [2.05, 4.69) is 0 Å². The Labute approximate surface area is 230 Å². The first-order valence-electron chi connectivity index (χ1n) is 12.0. The minimum atomic E-state index is -4.58. The number of halogens is 5. The number of alkyl halides is 3. The Balaban J connectivity index is 1.76. The van der Waals surface area contributed by atoms with Crippen molar-refractivity contribution in [1.82, 2.24) is 4.90 Å². The standard InChI is InChI=1S/C28H28ClF4NO4S/c1-19(20-8-4-3-5-9-20)16-34(17-21-10-6-11-24(27(21)29)28(31,32)33)12-7-13-38-22-14-25(30)23(18-35)26(15-22)39(2,36)37/h3-6,8-11,14-15,18-19H,7,12-13,16-17H2,1-2H3. The minimum absolute atomic E-state index is 0.0522. The van der Waals surface area contributed by atoms with Crippen molar-refractivity contribution in [2.24, 2.45) is 0 Å². The lowest BCUT2D eigenvalue weighted by Crippen LogP contribution is -2.30. The number of aldehydes is 1. The van der Waals surface area contributed by atoms with E-state index in [1.807, 2.05) is 42.2 Å². The second-order valence-corrected chi connectivity index (χ2v) is 11.6. The molecule has 0 aromatic heterocycles. The quantitative estimate of drug-likeness (QED) is 0.133. The third-order valence-electron chi connectivity index (χ3n) is 6.15. The van der Waals surface area contributed by atoms with E-state index in [4.69, 9.17) is 16.3 Å². The fraction of sp³-hybridized carbons (Fsp3) is 0.321. The lowest BCUT2D eigenvalue weighted by atomic mass is 10.00. The Morgan fingerprint density at radius 1 is 1.08 bits per heavy atom. The van der Waals surface area contributed by atoms with Crippen LogP contribution >= 0.6 is 11.6 Å². The summed E-state index contributed by atoms with van der Waals surface area (Å²) in [5, 5.41) is -0.349. The molecular formula is C28H28ClF4NO4S. The molecule has 5 nitrogen and oxygen atoms in total. The van der Waals surface area contributed by atoms with E-state index in [-0.39, 0.29) is 36.1 Å². The lowest BCUT2D eigenvalue weighted by Gasteiger charge is -2.27. The van der Waals surface area contributed by atoms with Gasteiger partial charge in [0.05, 0.1) is 27.7 Å². The molecule has 3 aromatic carbocycles. The molecule has 3 rings (SSSR count). The van der Waals surface area contributed by atoms with Crippen molar-refractivity contribution in [3.05, 3.63) is 93.8 Å². The highest BCUT2D eigenvalue weighted by Gasteiger charge is 2.34. The van der Waals surface area contributed by atoms with E-state index in [1.54, 1.807) is 6.07 Å². The van der Waals surface area contributed by atoms with Crippen LogP contribution in [0.15, 0.2) is 65.6 Å². The molecule has 11 heteroatoms. The highest BCUT2D eigenvalue weighted by Crippen LogP contribution is 2.36. The van der Waals surface area contributed by atoms with E-state index in [0.29, 0.717) is 25.1 Å². The van der Waals surface area contributed by atoms with Gasteiger partial charge in [0.2, 0.25) is 0 Å². The van der Waals surface area contributed by atoms with Crippen molar-refractivity contribution in [3.63, 3.8) is 0 Å². The number of benzene rings is 3. The van der Waals surface area contributed by atoms with Gasteiger partial charge in [-0.05, 0) is 35.6 Å². The molecule has 0 bridgehead atoms. The van der Waals surface area contributed by atoms with E-state index >= 15 is 0 Å². The van der Waals surface area contributed by atoms with Gasteiger partial charge in [0.1, 0.15) is 11.6 Å². The number of ether oxygens (including phenoxy) is 1. The number of nitrogens with zero attached hydrogens (tertiary/aromatic N) is 1. The summed E-state index contributed by atoms with van der Waals surface area (Å²) >= 11 is 6.14. The summed E-state index contributed by atoms with van der Waals surface area (Å²) in [6.45, 7) is 3.14. The van der Waals surface area contributed by atoms with Crippen molar-refractivity contribution in [3.8, 4) is 5.75 Å². The molecule has 0 heterocycles. The van der Waals surface area contributed by atoms with Gasteiger partial charge in [-0.25, -0.2) is 12.8 Å². The molecule has 3 aromatic rings. The first-order valence-corrected chi connectivity index (χ1v) is 14.3. The first kappa shape index (κ1) is 30.6. The minimum Gasteiger partial charge on any atom is -0.493 e. The van der Waals surface area contributed by atoms with E-state index < -0.39 is 37.9 Å². The summed E-state index contributed by atoms with van der Waals surface area (Å²) in [6.07, 6.45) is -3.19. The summed E-state index contributed by atoms with van der Waals surface area (Å²) in [4.78, 5) is 12.7. The number of carbonyl (C=O) groups excluding carboxylic acids is 1. The zero-order valence-corrected chi connectivity index (χ0v) is 22.9. The number of hydrogen-bond acceptors (Lipinski definition) is 5. The second kappa shape index (κ2) is 12.9. The highest BCUT2D eigenvalue weighted by atomic mass is 35.5. The average molecular weight is 586 g/mol. The van der Waals surface area contributed by atoms with Crippen LogP contribution in [0.1, 0.15) is 46.3 Å². The Hall–Kier alpha value is -2.95. The van der Waals surface area contributed by atoms with Crippen LogP contribution in [-0.2, 0) is 22.6 Å². The zero-order chi connectivity index (χ0) is 28.8. The lowest BCUT2D eigenvalue weighted by molar-refractivity contribution is -0.137. The monoisotopic (exact) mass is 585 g/mol. The number of carbonyl (C=O) groups is 1. The molecule has 1 unspecified atom stereocenters. The fourth-order valence-corrected chi connectivity index (χ4v) is 5.39. The van der Waals surface area contributed by atoms with Gasteiger partial charge in [-0.1, -0.05) is 61.0 Å². The second-order valence-electron chi connectivity index (χ2n) is 9.23. The van der Waals surface area contributed by atoms with E-state index in [0.717, 1.165) is 30.0 Å². The smallest absolute Gasteiger partial charge is 0.417 e. The van der Waals surface area contributed by atoms with Crippen molar-refractivity contribution in [2.75, 3.05) is 26.0 Å². The molecule has 0 aliphatic heterocycles. The van der Waals surface area contributed by atoms with Gasteiger partial charge in [-0.15, -0.1) is 0 Å². The molecule has 0 spiro atoms. The summed E-state index contributed by atoms with van der Waals surface area (Å²) in [5.74, 6) is -1.01. The number of rotatable bonds is 12. The van der Waals surface area contributed by atoms with Crippen molar-refractivity contribution < 1.29 is 35.5 Å². The van der Waals surface area contributed by atoms with E-state index in [1.165, 1.54) is 6.07 Å². The number of sulfone groups is 1. The van der Waals surface area contributed by atoms with E-state index in [9.17, 15) is 30.8 Å². The summed E-state index contributed by atoms with van der Waals surface area (Å²) in [6, 6.07) is 15.5. The van der Waals surface area contributed by atoms with Crippen LogP contribution in [0.2, 0.25) is 5.02 Å². The molecule has 0 aliphatic carbocycles. The van der Waals surface area contributed by atoms with Gasteiger partial charge in [0, 0.05) is 32.0 Å². The zero-order valence-electron chi connectivity index (χ0n) is 21.3. The van der Waals surface area contributed by atoms with Crippen LogP contribution in [0.25, 0.3) is 0 Å². The maximum atomic E-state index is 14.3. The largest absolute Gasteiger partial charge is 0.493 e. The topological polar surface area (TPSA) is 63.7 Å². The van der Waals surface area contributed by atoms with Crippen LogP contribution < -0.4 is 4.74 Å². The molecule has 0 radical (unpaired) electrons. The van der Waals surface area contributed by atoms with Crippen molar-refractivity contribution >= 4 is 27.7 Å². The molecule has 0 saturated heterocycles. The Morgan fingerprint density at radius 3 is 2.38 bits per heavy atom. The Kier molecular flexibility index (Phi) is 10.1. The molecule has 210 valence electrons. The molecule has 0 saturated carbocycles. The maximum Gasteiger partial charge on any atom is 0.417 e. The van der Waals surface area contributed by atoms with Crippen LogP contribution in [0.3, 0.4) is 0 Å². The van der Waals surface area contributed by atoms with Crippen molar-refractivity contribution in [1.29, 1.82) is 0 Å². The number of hydrogen-bond donors (Lipinski definition) is 0. The molecular weight excluding hydrogens is 558 g/mol. The Morgan fingerprint density at radius 2 is 1.77 bits per heavy atom. The predicted octanol–water partition coefficient (Wildman–Crippen LogP) is 6.79. The van der Waals surface area contributed by atoms with Crippen LogP contribution in [-0.4, -0.2) is 45.6 Å².